The van der Waals surface area contributed by atoms with Gasteiger partial charge in [-0.2, -0.15) is 0 Å². The summed E-state index contributed by atoms with van der Waals surface area (Å²) in [5, 5.41) is 9.29. The summed E-state index contributed by atoms with van der Waals surface area (Å²) < 4.78 is 44.5. The van der Waals surface area contributed by atoms with Crippen LogP contribution in [0.3, 0.4) is 0 Å². The van der Waals surface area contributed by atoms with E-state index in [4.69, 9.17) is 21.7 Å². The summed E-state index contributed by atoms with van der Waals surface area (Å²) in [4.78, 5) is 3.13. The average Bonchev–Trinajstić information content (AvgIpc) is 2.40. The van der Waals surface area contributed by atoms with Crippen molar-refractivity contribution in [1.82, 2.24) is 0 Å². The Labute approximate surface area is 122 Å². The largest absolute Gasteiger partial charge is 0.673 e. The molecule has 0 fully saturated rings. The molecular formula is C12H8BClF4N2O. The van der Waals surface area contributed by atoms with Crippen molar-refractivity contribution in [2.45, 2.75) is 0 Å². The highest BCUT2D eigenvalue weighted by molar-refractivity contribution is 6.50. The van der Waals surface area contributed by atoms with Crippen molar-refractivity contribution in [1.29, 1.82) is 5.39 Å². The number of hydrogen-bond acceptors (Lipinski definition) is 2. The molecule has 0 saturated heterocycles. The van der Waals surface area contributed by atoms with Gasteiger partial charge in [0.15, 0.2) is 4.98 Å². The maximum atomic E-state index is 9.75. The van der Waals surface area contributed by atoms with E-state index in [0.29, 0.717) is 22.2 Å². The molecule has 0 spiro atoms. The lowest BCUT2D eigenvalue weighted by Gasteiger charge is -2.04. The summed E-state index contributed by atoms with van der Waals surface area (Å²) in [5.41, 5.74) is 0.363. The average molecular weight is 318 g/mol. The minimum absolute atomic E-state index is 0.363. The van der Waals surface area contributed by atoms with E-state index in [9.17, 15) is 17.3 Å². The molecule has 9 heteroatoms. The fourth-order valence-corrected chi connectivity index (χ4v) is 1.45. The highest BCUT2D eigenvalue weighted by atomic mass is 35.5. The summed E-state index contributed by atoms with van der Waals surface area (Å²) >= 11 is 5.95. The quantitative estimate of drug-likeness (QED) is 0.392. The van der Waals surface area contributed by atoms with Gasteiger partial charge in [-0.25, -0.2) is 0 Å². The van der Waals surface area contributed by atoms with E-state index in [2.05, 4.69) is 4.98 Å². The second-order valence-corrected chi connectivity index (χ2v) is 4.00. The van der Waals surface area contributed by atoms with E-state index in [1.807, 2.05) is 12.1 Å². The van der Waals surface area contributed by atoms with Crippen molar-refractivity contribution in [3.63, 3.8) is 0 Å². The van der Waals surface area contributed by atoms with Gasteiger partial charge in [-0.15, -0.1) is 0 Å². The summed E-state index contributed by atoms with van der Waals surface area (Å²) in [6, 6.07) is 14.0. The fourth-order valence-electron chi connectivity index (χ4n) is 1.27. The van der Waals surface area contributed by atoms with Crippen LogP contribution in [0, 0.1) is 5.39 Å². The van der Waals surface area contributed by atoms with Crippen molar-refractivity contribution in [2.75, 3.05) is 0 Å². The number of rotatable bonds is 2. The van der Waals surface area contributed by atoms with E-state index >= 15 is 0 Å². The molecule has 0 bridgehead atoms. The Morgan fingerprint density at radius 2 is 1.38 bits per heavy atom. The molecule has 2 aromatic rings. The monoisotopic (exact) mass is 318 g/mol. The first kappa shape index (κ1) is 16.8. The van der Waals surface area contributed by atoms with Crippen molar-refractivity contribution >= 4 is 24.5 Å². The molecule has 0 amide bonds. The van der Waals surface area contributed by atoms with Gasteiger partial charge >= 0.3 is 12.9 Å². The van der Waals surface area contributed by atoms with Crippen LogP contribution in [0.2, 0.25) is 5.02 Å². The van der Waals surface area contributed by atoms with Crippen molar-refractivity contribution in [3.8, 4) is 11.5 Å². The third kappa shape index (κ3) is 6.63. The van der Waals surface area contributed by atoms with Crippen LogP contribution in [0.1, 0.15) is 0 Å². The zero-order valence-electron chi connectivity index (χ0n) is 10.4. The Morgan fingerprint density at radius 1 is 0.905 bits per heavy atom. The molecule has 0 radical (unpaired) electrons. The van der Waals surface area contributed by atoms with Gasteiger partial charge in [-0.05, 0) is 18.2 Å². The smallest absolute Gasteiger partial charge is 0.447 e. The van der Waals surface area contributed by atoms with Crippen LogP contribution in [-0.2, 0) is 0 Å². The zero-order chi connectivity index (χ0) is 15.9. The highest BCUT2D eigenvalue weighted by Crippen LogP contribution is 2.34. The van der Waals surface area contributed by atoms with E-state index in [1.165, 1.54) is 0 Å². The summed E-state index contributed by atoms with van der Waals surface area (Å²) in [6.45, 7) is 0. The molecule has 0 aliphatic heterocycles. The number of diazo groups is 1. The Bertz CT molecular complexity index is 640. The molecular weight excluding hydrogens is 310 g/mol. The van der Waals surface area contributed by atoms with Crippen molar-refractivity contribution in [2.24, 2.45) is 0 Å². The minimum Gasteiger partial charge on any atom is -0.447 e. The zero-order valence-corrected chi connectivity index (χ0v) is 11.1. The molecule has 0 heterocycles. The number of ether oxygens (including phenoxy) is 1. The second kappa shape index (κ2) is 7.50. The maximum absolute atomic E-state index is 9.75. The van der Waals surface area contributed by atoms with Gasteiger partial charge in [0.1, 0.15) is 5.75 Å². The Kier molecular flexibility index (Phi) is 6.00. The minimum atomic E-state index is -6.00. The lowest BCUT2D eigenvalue weighted by Crippen LogP contribution is -2.02. The SMILES string of the molecule is F[B-](F)(F)F.N#[N+]c1ccccc1Oc1ccccc1Cl. The lowest BCUT2D eigenvalue weighted by atomic mass is 10.3. The van der Waals surface area contributed by atoms with Gasteiger partial charge in [-0.3, -0.25) is 0 Å². The van der Waals surface area contributed by atoms with Crippen LogP contribution in [0.25, 0.3) is 4.98 Å². The first-order valence-corrected chi connectivity index (χ1v) is 5.93. The number of nitrogens with zero attached hydrogens (tertiary/aromatic N) is 2. The molecule has 2 aromatic carbocycles. The molecule has 0 aliphatic carbocycles. The first-order chi connectivity index (χ1) is 9.81. The molecule has 0 N–H and O–H groups in total. The number of halogens is 5. The predicted octanol–water partition coefficient (Wildman–Crippen LogP) is 5.92. The van der Waals surface area contributed by atoms with Gasteiger partial charge < -0.3 is 22.0 Å². The fraction of sp³-hybridized carbons (Fsp3) is 0. The van der Waals surface area contributed by atoms with E-state index in [1.54, 1.807) is 36.4 Å². The van der Waals surface area contributed by atoms with Gasteiger partial charge in [0.2, 0.25) is 11.1 Å². The molecule has 3 nitrogen and oxygen atoms in total. The number of hydrogen-bond donors (Lipinski definition) is 0. The van der Waals surface area contributed by atoms with E-state index in [0.717, 1.165) is 0 Å². The van der Waals surface area contributed by atoms with Gasteiger partial charge in [0.05, 0.1) is 5.02 Å². The first-order valence-electron chi connectivity index (χ1n) is 5.55. The molecule has 0 saturated carbocycles. The Morgan fingerprint density at radius 3 is 1.90 bits per heavy atom. The molecule has 0 atom stereocenters. The summed E-state index contributed by atoms with van der Waals surface area (Å²) in [6.07, 6.45) is 0. The van der Waals surface area contributed by atoms with Crippen LogP contribution in [0.5, 0.6) is 11.5 Å². The Balaban J connectivity index is 0.000000383. The van der Waals surface area contributed by atoms with Crippen molar-refractivity contribution < 1.29 is 22.0 Å². The molecule has 0 aromatic heterocycles. The van der Waals surface area contributed by atoms with Crippen LogP contribution in [-0.4, -0.2) is 7.25 Å². The highest BCUT2D eigenvalue weighted by Gasteiger charge is 2.20. The van der Waals surface area contributed by atoms with Crippen LogP contribution < -0.4 is 4.74 Å². The number of benzene rings is 2. The van der Waals surface area contributed by atoms with Gasteiger partial charge in [0, 0.05) is 6.07 Å². The maximum Gasteiger partial charge on any atom is 0.673 e. The summed E-state index contributed by atoms with van der Waals surface area (Å²) in [7, 11) is -6.00. The Hall–Kier alpha value is -2.27. The standard InChI is InChI=1S/C12H8ClN2O.BF4/c13-9-5-1-3-7-11(9)16-12-8-4-2-6-10(12)15-14;2-1(3,4)5/h1-8H;/q+1;-1. The van der Waals surface area contributed by atoms with Gasteiger partial charge in [0.25, 0.3) is 0 Å². The van der Waals surface area contributed by atoms with Crippen LogP contribution in [0.4, 0.5) is 23.0 Å². The lowest BCUT2D eigenvalue weighted by molar-refractivity contribution is 0.368. The van der Waals surface area contributed by atoms with Crippen LogP contribution in [0.15, 0.2) is 48.5 Å². The van der Waals surface area contributed by atoms with Crippen LogP contribution >= 0.6 is 11.6 Å². The number of para-hydroxylation sites is 2. The third-order valence-electron chi connectivity index (χ3n) is 2.03. The molecule has 0 aliphatic rings. The topological polar surface area (TPSA) is 37.4 Å². The van der Waals surface area contributed by atoms with Gasteiger partial charge in [-0.1, -0.05) is 35.9 Å². The molecule has 110 valence electrons. The molecule has 2 rings (SSSR count). The molecule has 21 heavy (non-hydrogen) atoms. The second-order valence-electron chi connectivity index (χ2n) is 3.60. The van der Waals surface area contributed by atoms with E-state index in [-0.39, 0.29) is 0 Å². The van der Waals surface area contributed by atoms with Crippen molar-refractivity contribution in [3.05, 3.63) is 58.5 Å². The third-order valence-corrected chi connectivity index (χ3v) is 2.34. The normalized spacial score (nSPS) is 10.1. The molecule has 0 unspecified atom stereocenters. The summed E-state index contributed by atoms with van der Waals surface area (Å²) in [5.74, 6) is 0.985. The van der Waals surface area contributed by atoms with E-state index < -0.39 is 7.25 Å². The predicted molar refractivity (Wildman–Crippen MR) is 72.9 cm³/mol.